The van der Waals surface area contributed by atoms with Gasteiger partial charge in [0, 0.05) is 11.1 Å². The average Bonchev–Trinajstić information content (AvgIpc) is 2.95. The minimum atomic E-state index is -0.570. The van der Waals surface area contributed by atoms with Crippen molar-refractivity contribution in [1.29, 1.82) is 0 Å². The Morgan fingerprint density at radius 1 is 0.432 bits per heavy atom. The fourth-order valence-corrected chi connectivity index (χ4v) is 8.26. The molecule has 1 rings (SSSR count). The van der Waals surface area contributed by atoms with Crippen molar-refractivity contribution in [2.24, 2.45) is 0 Å². The van der Waals surface area contributed by atoms with E-state index in [4.69, 9.17) is 4.84 Å². The number of hydrogen-bond acceptors (Lipinski definition) is 3. The molecule has 0 aliphatic carbocycles. The molecule has 0 amide bonds. The van der Waals surface area contributed by atoms with Gasteiger partial charge in [0.15, 0.2) is 0 Å². The first-order chi connectivity index (χ1) is 21.2. The van der Waals surface area contributed by atoms with E-state index in [1.54, 1.807) is 0 Å². The van der Waals surface area contributed by atoms with E-state index in [9.17, 15) is 5.11 Å². The first-order valence-corrected chi connectivity index (χ1v) is 20.3. The van der Waals surface area contributed by atoms with E-state index in [2.05, 4.69) is 46.6 Å². The van der Waals surface area contributed by atoms with Gasteiger partial charge in [-0.15, -0.1) is 0 Å². The Balaban J connectivity index is 2.10. The van der Waals surface area contributed by atoms with Crippen LogP contribution in [0.4, 0.5) is 0 Å². The zero-order valence-corrected chi connectivity index (χ0v) is 31.4. The minimum Gasteiger partial charge on any atom is -0.390 e. The maximum atomic E-state index is 11.7. The maximum absolute atomic E-state index is 11.7. The summed E-state index contributed by atoms with van der Waals surface area (Å²) >= 11 is 0. The smallest absolute Gasteiger partial charge is 0.0685 e. The molecule has 264 valence electrons. The molecule has 0 spiro atoms. The molecule has 0 aromatic carbocycles. The van der Waals surface area contributed by atoms with Gasteiger partial charge in [-0.3, -0.25) is 4.84 Å². The standard InChI is InChI=1S/C41H83NO2/c1-7-9-11-13-15-17-19-21-23-25-27-29-31-33-35-41(43)37-39(3,4)42(40(5,6)38-41)44-36-34-32-30-28-26-24-22-20-18-16-14-12-10-8-2/h43H,7-38H2,1-6H3. The van der Waals surface area contributed by atoms with Gasteiger partial charge < -0.3 is 5.11 Å². The van der Waals surface area contributed by atoms with Crippen molar-refractivity contribution in [2.75, 3.05) is 6.61 Å². The molecule has 1 N–H and O–H groups in total. The van der Waals surface area contributed by atoms with Gasteiger partial charge in [0.05, 0.1) is 12.2 Å². The van der Waals surface area contributed by atoms with Crippen LogP contribution in [0.3, 0.4) is 0 Å². The highest BCUT2D eigenvalue weighted by Crippen LogP contribution is 2.45. The van der Waals surface area contributed by atoms with Crippen molar-refractivity contribution in [3.05, 3.63) is 0 Å². The summed E-state index contributed by atoms with van der Waals surface area (Å²) in [7, 11) is 0. The van der Waals surface area contributed by atoms with E-state index < -0.39 is 5.60 Å². The van der Waals surface area contributed by atoms with Crippen LogP contribution in [0.1, 0.15) is 241 Å². The second-order valence-corrected chi connectivity index (χ2v) is 16.3. The van der Waals surface area contributed by atoms with Gasteiger partial charge in [0.2, 0.25) is 0 Å². The molecule has 1 heterocycles. The van der Waals surface area contributed by atoms with E-state index in [0.29, 0.717) is 0 Å². The number of nitrogens with zero attached hydrogens (tertiary/aromatic N) is 1. The summed E-state index contributed by atoms with van der Waals surface area (Å²) in [6.45, 7) is 14.5. The van der Waals surface area contributed by atoms with Crippen molar-refractivity contribution in [3.8, 4) is 0 Å². The second kappa shape index (κ2) is 25.9. The lowest BCUT2D eigenvalue weighted by molar-refractivity contribution is -0.306. The van der Waals surface area contributed by atoms with Crippen LogP contribution in [0.25, 0.3) is 0 Å². The predicted octanol–water partition coefficient (Wildman–Crippen LogP) is 13.7. The van der Waals surface area contributed by atoms with Gasteiger partial charge in [0.1, 0.15) is 0 Å². The molecule has 1 saturated heterocycles. The lowest BCUT2D eigenvalue weighted by atomic mass is 9.70. The van der Waals surface area contributed by atoms with Crippen LogP contribution in [0.5, 0.6) is 0 Å². The normalized spacial score (nSPS) is 17.8. The molecule has 0 saturated carbocycles. The first-order valence-electron chi connectivity index (χ1n) is 20.3. The molecule has 1 aliphatic rings. The molecule has 1 aliphatic heterocycles. The molecule has 0 aromatic heterocycles. The van der Waals surface area contributed by atoms with Crippen molar-refractivity contribution in [2.45, 2.75) is 257 Å². The van der Waals surface area contributed by atoms with Crippen molar-refractivity contribution < 1.29 is 9.94 Å². The molecule has 0 radical (unpaired) electrons. The third kappa shape index (κ3) is 20.9. The quantitative estimate of drug-likeness (QED) is 0.0782. The van der Waals surface area contributed by atoms with Crippen LogP contribution in [-0.4, -0.2) is 33.5 Å². The largest absolute Gasteiger partial charge is 0.390 e. The third-order valence-corrected chi connectivity index (χ3v) is 10.3. The molecule has 0 atom stereocenters. The Bertz CT molecular complexity index is 612. The summed E-state index contributed by atoms with van der Waals surface area (Å²) < 4.78 is 0. The highest BCUT2D eigenvalue weighted by molar-refractivity contribution is 5.03. The highest BCUT2D eigenvalue weighted by Gasteiger charge is 2.52. The Kier molecular flexibility index (Phi) is 24.7. The summed E-state index contributed by atoms with van der Waals surface area (Å²) in [4.78, 5) is 6.46. The molecule has 44 heavy (non-hydrogen) atoms. The molecule has 0 bridgehead atoms. The first kappa shape index (κ1) is 41.9. The van der Waals surface area contributed by atoms with Gasteiger partial charge in [-0.25, -0.2) is 0 Å². The van der Waals surface area contributed by atoms with Crippen LogP contribution in [-0.2, 0) is 4.84 Å². The fourth-order valence-electron chi connectivity index (χ4n) is 8.26. The van der Waals surface area contributed by atoms with Crippen LogP contribution >= 0.6 is 0 Å². The molecule has 0 unspecified atom stereocenters. The molecule has 3 nitrogen and oxygen atoms in total. The van der Waals surface area contributed by atoms with Gasteiger partial charge in [0.25, 0.3) is 0 Å². The zero-order valence-electron chi connectivity index (χ0n) is 31.4. The van der Waals surface area contributed by atoms with E-state index >= 15 is 0 Å². The number of rotatable bonds is 31. The lowest BCUT2D eigenvalue weighted by Gasteiger charge is -2.56. The van der Waals surface area contributed by atoms with E-state index in [1.807, 2.05) is 0 Å². The topological polar surface area (TPSA) is 32.7 Å². The van der Waals surface area contributed by atoms with Gasteiger partial charge in [-0.05, 0) is 53.4 Å². The van der Waals surface area contributed by atoms with E-state index in [-0.39, 0.29) is 11.1 Å². The number of hydroxylamine groups is 2. The maximum Gasteiger partial charge on any atom is 0.0685 e. The lowest BCUT2D eigenvalue weighted by Crippen LogP contribution is -2.65. The average molecular weight is 622 g/mol. The molecular formula is C41H83NO2. The summed E-state index contributed by atoms with van der Waals surface area (Å²) in [6, 6.07) is 0. The molecule has 0 aromatic rings. The van der Waals surface area contributed by atoms with Crippen molar-refractivity contribution >= 4 is 0 Å². The van der Waals surface area contributed by atoms with Crippen molar-refractivity contribution in [1.82, 2.24) is 5.06 Å². The number of unbranched alkanes of at least 4 members (excludes halogenated alkanes) is 26. The Morgan fingerprint density at radius 2 is 0.705 bits per heavy atom. The number of aliphatic hydroxyl groups is 1. The van der Waals surface area contributed by atoms with E-state index in [0.717, 1.165) is 38.7 Å². The predicted molar refractivity (Wildman–Crippen MR) is 195 cm³/mol. The molecule has 1 fully saturated rings. The summed E-state index contributed by atoms with van der Waals surface area (Å²) in [6.07, 6.45) is 41.2. The van der Waals surface area contributed by atoms with Crippen LogP contribution in [0, 0.1) is 0 Å². The SMILES string of the molecule is CCCCCCCCCCCCCCCCON1C(C)(C)CC(O)(CCCCCCCCCCCCCCCC)CC1(C)C. The van der Waals surface area contributed by atoms with Gasteiger partial charge in [-0.1, -0.05) is 187 Å². The highest BCUT2D eigenvalue weighted by atomic mass is 16.7. The van der Waals surface area contributed by atoms with Crippen molar-refractivity contribution in [3.63, 3.8) is 0 Å². The zero-order chi connectivity index (χ0) is 32.4. The van der Waals surface area contributed by atoms with Gasteiger partial charge in [-0.2, -0.15) is 5.06 Å². The fraction of sp³-hybridized carbons (Fsp3) is 1.00. The number of hydrogen-bond donors (Lipinski definition) is 1. The Labute approximate surface area is 278 Å². The van der Waals surface area contributed by atoms with Crippen LogP contribution in [0.15, 0.2) is 0 Å². The second-order valence-electron chi connectivity index (χ2n) is 16.3. The molecule has 3 heteroatoms. The molecular weight excluding hydrogens is 538 g/mol. The monoisotopic (exact) mass is 622 g/mol. The van der Waals surface area contributed by atoms with E-state index in [1.165, 1.54) is 167 Å². The summed E-state index contributed by atoms with van der Waals surface area (Å²) in [5, 5.41) is 13.9. The van der Waals surface area contributed by atoms with Crippen LogP contribution < -0.4 is 0 Å². The summed E-state index contributed by atoms with van der Waals surface area (Å²) in [5.41, 5.74) is -0.871. The van der Waals surface area contributed by atoms with Gasteiger partial charge >= 0.3 is 0 Å². The third-order valence-electron chi connectivity index (χ3n) is 10.3. The van der Waals surface area contributed by atoms with Crippen LogP contribution in [0.2, 0.25) is 0 Å². The summed E-state index contributed by atoms with van der Waals surface area (Å²) in [5.74, 6) is 0. The Hall–Kier alpha value is -0.120. The minimum absolute atomic E-state index is 0.150. The Morgan fingerprint density at radius 3 is 1.02 bits per heavy atom. The number of piperidine rings is 1.